The van der Waals surface area contributed by atoms with E-state index in [1.807, 2.05) is 69.7 Å². The number of sulfone groups is 1. The fourth-order valence-corrected chi connectivity index (χ4v) is 20.7. The predicted molar refractivity (Wildman–Crippen MR) is 456 cm³/mol. The van der Waals surface area contributed by atoms with Crippen LogP contribution in [0.3, 0.4) is 0 Å². The van der Waals surface area contributed by atoms with Crippen molar-refractivity contribution in [2.45, 2.75) is 192 Å². The average Bonchev–Trinajstić information content (AvgIpc) is 0.782. The first-order chi connectivity index (χ1) is 54.6. The Morgan fingerprint density at radius 2 is 0.772 bits per heavy atom. The molecule has 0 saturated carbocycles. The summed E-state index contributed by atoms with van der Waals surface area (Å²) in [5.41, 5.74) is 15.0. The average molecular weight is 1750 g/mol. The van der Waals surface area contributed by atoms with Crippen molar-refractivity contribution in [3.8, 4) is 0 Å². The number of unbranched alkanes of at least 4 members (excludes halogenated alkanes) is 10. The van der Waals surface area contributed by atoms with Crippen LogP contribution in [0.2, 0.25) is 30.1 Å². The number of nitrogens with one attached hydrogen (secondary N) is 3. The summed E-state index contributed by atoms with van der Waals surface area (Å²) in [6, 6.07) is 32.1. The summed E-state index contributed by atoms with van der Waals surface area (Å²) >= 11 is 39.0. The smallest absolute Gasteiger partial charge is 0.240 e. The Balaban J connectivity index is 0.631. The van der Waals surface area contributed by atoms with E-state index in [9.17, 15) is 39.6 Å². The fourth-order valence-electron chi connectivity index (χ4n) is 15.5. The van der Waals surface area contributed by atoms with Crippen LogP contribution in [0.15, 0.2) is 124 Å². The maximum absolute atomic E-state index is 13.6. The van der Waals surface area contributed by atoms with Crippen molar-refractivity contribution >= 4 is 117 Å². The summed E-state index contributed by atoms with van der Waals surface area (Å²) in [4.78, 5) is 46.6. The van der Waals surface area contributed by atoms with Gasteiger partial charge in [0.15, 0.2) is 9.84 Å². The van der Waals surface area contributed by atoms with Gasteiger partial charge in [0.1, 0.15) is 11.6 Å². The van der Waals surface area contributed by atoms with Crippen molar-refractivity contribution in [2.75, 3.05) is 119 Å². The van der Waals surface area contributed by atoms with Crippen LogP contribution in [0.25, 0.3) is 0 Å². The van der Waals surface area contributed by atoms with Crippen molar-refractivity contribution in [1.82, 2.24) is 29.5 Å². The SMILES string of the molecule is CN1Cc2c(Cl)cc(Cl)cc2[C@H](c2cccc(S(=O)(=O)CCCCCCCCCCCCCC(N)(CCC(=O)CCCC(=O)CCCOCCOCCNS(=O)(=O)c3cccc([C@@H]4CN(C)Cc5c(Cl)cc(Cl)cc54)c3)CCC(=O)NCCOCCOCCNS(=O)(=O)c3cccc([C@@H]4CN(C)Cc5c(Cl)cc(Cl)cc54)c3)c2)C1. The first-order valence-electron chi connectivity index (χ1n) is 40.0. The largest absolute Gasteiger partial charge is 0.379 e. The quantitative estimate of drug-likeness (QED) is 0.0259. The Morgan fingerprint density at radius 1 is 0.412 bits per heavy atom. The maximum Gasteiger partial charge on any atom is 0.240 e. The highest BCUT2D eigenvalue weighted by molar-refractivity contribution is 7.91. The maximum atomic E-state index is 13.6. The molecule has 0 fully saturated rings. The highest BCUT2D eigenvalue weighted by atomic mass is 35.5. The third-order valence-corrected chi connectivity index (χ3v) is 28.0. The second-order valence-corrected chi connectivity index (χ2v) is 39.0. The molecular formula is C85H113Cl6N7O13S3. The van der Waals surface area contributed by atoms with Crippen molar-refractivity contribution < 1.29 is 58.6 Å². The number of nitrogens with zero attached hydrogens (tertiary/aromatic N) is 3. The van der Waals surface area contributed by atoms with E-state index in [4.69, 9.17) is 94.3 Å². The molecule has 0 saturated heterocycles. The minimum absolute atomic E-state index is 0.0230. The number of sulfonamides is 2. The van der Waals surface area contributed by atoms with Crippen molar-refractivity contribution in [3.05, 3.63) is 189 Å². The van der Waals surface area contributed by atoms with Gasteiger partial charge in [-0.25, -0.2) is 34.7 Å². The van der Waals surface area contributed by atoms with Crippen molar-refractivity contribution in [1.29, 1.82) is 0 Å². The third-order valence-electron chi connectivity index (χ3n) is 21.6. The van der Waals surface area contributed by atoms with Gasteiger partial charge in [-0.1, -0.05) is 170 Å². The van der Waals surface area contributed by atoms with Gasteiger partial charge in [-0.2, -0.15) is 0 Å². The van der Waals surface area contributed by atoms with Gasteiger partial charge in [0, 0.05) is 151 Å². The van der Waals surface area contributed by atoms with Gasteiger partial charge in [-0.15, -0.1) is 0 Å². The van der Waals surface area contributed by atoms with E-state index in [0.29, 0.717) is 119 Å². The Bertz CT molecular complexity index is 4530. The number of likely N-dealkylation sites (N-methyl/N-ethyl adjacent to an activating group) is 3. The minimum Gasteiger partial charge on any atom is -0.379 e. The normalized spacial score (nSPS) is 16.8. The third kappa shape index (κ3) is 29.3. The van der Waals surface area contributed by atoms with Gasteiger partial charge in [0.05, 0.1) is 66.7 Å². The van der Waals surface area contributed by atoms with E-state index in [2.05, 4.69) is 29.5 Å². The van der Waals surface area contributed by atoms with Crippen LogP contribution < -0.4 is 20.5 Å². The number of carbonyl (C=O) groups excluding carboxylic acids is 3. The summed E-state index contributed by atoms with van der Waals surface area (Å²) in [6.45, 7) is 6.29. The lowest BCUT2D eigenvalue weighted by Crippen LogP contribution is -2.42. The van der Waals surface area contributed by atoms with E-state index in [0.717, 1.165) is 121 Å². The molecule has 0 spiro atoms. The highest BCUT2D eigenvalue weighted by Gasteiger charge is 2.33. The molecule has 0 aromatic heterocycles. The number of hydrogen-bond donors (Lipinski definition) is 4. The summed E-state index contributed by atoms with van der Waals surface area (Å²) in [7, 11) is -5.12. The minimum atomic E-state index is -3.85. The zero-order valence-electron chi connectivity index (χ0n) is 65.9. The lowest BCUT2D eigenvalue weighted by atomic mass is 9.83. The molecule has 3 aliphatic heterocycles. The van der Waals surface area contributed by atoms with E-state index in [1.165, 1.54) is 0 Å². The number of fused-ring (bicyclic) bond motifs is 3. The molecule has 0 aliphatic carbocycles. The summed E-state index contributed by atoms with van der Waals surface area (Å²) in [5, 5.41) is 6.33. The molecule has 20 nitrogen and oxygen atoms in total. The van der Waals surface area contributed by atoms with Crippen LogP contribution in [0, 0.1) is 0 Å². The molecule has 6 aromatic carbocycles. The van der Waals surface area contributed by atoms with Gasteiger partial charge in [0.2, 0.25) is 26.0 Å². The number of hydrogen-bond acceptors (Lipinski definition) is 17. The van der Waals surface area contributed by atoms with Gasteiger partial charge in [-0.3, -0.25) is 14.4 Å². The number of rotatable bonds is 51. The van der Waals surface area contributed by atoms with E-state index >= 15 is 0 Å². The predicted octanol–water partition coefficient (Wildman–Crippen LogP) is 16.3. The monoisotopic (exact) mass is 1750 g/mol. The molecule has 4 atom stereocenters. The number of ether oxygens (including phenoxy) is 4. The van der Waals surface area contributed by atoms with Crippen LogP contribution in [0.4, 0.5) is 0 Å². The zero-order chi connectivity index (χ0) is 81.8. The molecule has 9 rings (SSSR count). The molecule has 5 N–H and O–H groups in total. The van der Waals surface area contributed by atoms with Crippen LogP contribution in [-0.2, 0) is 82.8 Å². The second-order valence-electron chi connectivity index (χ2n) is 30.8. The lowest BCUT2D eigenvalue weighted by Gasteiger charge is -2.33. The van der Waals surface area contributed by atoms with E-state index in [-0.39, 0.29) is 142 Å². The number of Topliss-reactive ketones (excluding diaryl/α,β-unsaturated/α-hetero) is 2. The van der Waals surface area contributed by atoms with Gasteiger partial charge < -0.3 is 44.7 Å². The van der Waals surface area contributed by atoms with Crippen LogP contribution in [0.1, 0.15) is 203 Å². The van der Waals surface area contributed by atoms with Gasteiger partial charge >= 0.3 is 0 Å². The Kier molecular flexibility index (Phi) is 37.8. The van der Waals surface area contributed by atoms with Crippen molar-refractivity contribution in [3.63, 3.8) is 0 Å². The number of nitrogens with two attached hydrogens (primary N) is 1. The second kappa shape index (κ2) is 46.2. The highest BCUT2D eigenvalue weighted by Crippen LogP contribution is 2.43. The molecule has 114 heavy (non-hydrogen) atoms. The molecule has 1 amide bonds. The topological polar surface area (TPSA) is 262 Å². The molecule has 3 heterocycles. The fraction of sp³-hybridized carbons (Fsp3) is 0.541. The van der Waals surface area contributed by atoms with Crippen LogP contribution in [-0.4, -0.2) is 182 Å². The number of benzene rings is 6. The van der Waals surface area contributed by atoms with Crippen molar-refractivity contribution in [2.24, 2.45) is 5.73 Å². The molecular weight excluding hydrogens is 1640 g/mol. The Labute approximate surface area is 706 Å². The number of ketones is 2. The molecule has 6 aromatic rings. The zero-order valence-corrected chi connectivity index (χ0v) is 72.9. The lowest BCUT2D eigenvalue weighted by molar-refractivity contribution is -0.122. The summed E-state index contributed by atoms with van der Waals surface area (Å²) in [6.07, 6.45) is 14.3. The number of halogens is 6. The summed E-state index contributed by atoms with van der Waals surface area (Å²) in [5.74, 6) is -0.292. The van der Waals surface area contributed by atoms with E-state index < -0.39 is 35.4 Å². The standard InChI is InChI=1S/C85H113Cl6N7O13S3/c1-96-55-75(72-49-64(86)52-81(89)78(72)58-96)61-20-15-26-69(46-61)112(102,103)45-14-12-10-8-6-4-5-7-9-11-13-31-85(92,33-30-84(101)93-34-38-109-43-44-111-40-36-95-114(106,107)71-28-17-22-63(48-71)77-57-98(3)60-80-74(77)51-66(88)54-83(80)91)32-29-68(100)24-18-23-67(99)25-19-37-108-41-42-110-39-35-94-113(104,105)70-27-16-21-62(47-70)76-56-97(2)59-79-73(76)50-65(87)53-82(79)90/h15-17,20-22,26-28,46-54,75-77,94-95H,4-14,18-19,23-25,29-45,55-60,92H2,1-3H3,(H,93,101)/t75-,76-,77-,85?/m0/s1. The van der Waals surface area contributed by atoms with E-state index in [1.54, 1.807) is 60.7 Å². The number of amides is 1. The van der Waals surface area contributed by atoms with Gasteiger partial charge in [-0.05, 0) is 183 Å². The first-order valence-corrected chi connectivity index (χ1v) is 46.9. The van der Waals surface area contributed by atoms with Gasteiger partial charge in [0.25, 0.3) is 0 Å². The molecule has 626 valence electrons. The Hall–Kier alpha value is -4.68. The molecule has 0 radical (unpaired) electrons. The Morgan fingerprint density at radius 3 is 1.21 bits per heavy atom. The number of carbonyl (C=O) groups is 3. The molecule has 3 aliphatic rings. The van der Waals surface area contributed by atoms with Crippen LogP contribution in [0.5, 0.6) is 0 Å². The molecule has 0 bridgehead atoms. The molecule has 29 heteroatoms. The first kappa shape index (κ1) is 93.2. The molecule has 1 unspecified atom stereocenters. The van der Waals surface area contributed by atoms with Crippen LogP contribution >= 0.6 is 69.6 Å². The summed E-state index contributed by atoms with van der Waals surface area (Å²) < 4.78 is 109.